The number of benzene rings is 4. The molecule has 3 aromatic heterocycles. The number of fused-ring (bicyclic) bond motifs is 3. The molecule has 0 bridgehead atoms. The van der Waals surface area contributed by atoms with E-state index in [-0.39, 0.29) is 0 Å². The fourth-order valence-corrected chi connectivity index (χ4v) is 5.19. The van der Waals surface area contributed by atoms with E-state index in [1.54, 1.807) is 24.5 Å². The average molecular weight is 525 g/mol. The van der Waals surface area contributed by atoms with Gasteiger partial charge in [0.1, 0.15) is 34.7 Å². The summed E-state index contributed by atoms with van der Waals surface area (Å²) >= 11 is 0. The van der Waals surface area contributed by atoms with Crippen molar-refractivity contribution in [1.82, 2.24) is 9.97 Å². The molecule has 0 atom stereocenters. The lowest BCUT2D eigenvalue weighted by atomic mass is 9.97. The van der Waals surface area contributed by atoms with Crippen LogP contribution in [-0.2, 0) is 0 Å². The Kier molecular flexibility index (Phi) is 5.82. The van der Waals surface area contributed by atoms with Crippen molar-refractivity contribution in [2.75, 3.05) is 0 Å². The molecule has 7 aromatic rings. The third-order valence-electron chi connectivity index (χ3n) is 7.32. The van der Waals surface area contributed by atoms with Crippen molar-refractivity contribution in [2.45, 2.75) is 0 Å². The van der Waals surface area contributed by atoms with Crippen LogP contribution in [-0.4, -0.2) is 9.97 Å². The van der Waals surface area contributed by atoms with Gasteiger partial charge in [-0.1, -0.05) is 60.7 Å². The summed E-state index contributed by atoms with van der Waals surface area (Å²) in [5.41, 5.74) is 10.9. The third kappa shape index (κ3) is 4.48. The van der Waals surface area contributed by atoms with Gasteiger partial charge in [0, 0.05) is 23.2 Å². The number of furan rings is 1. The van der Waals surface area contributed by atoms with Crippen molar-refractivity contribution >= 4 is 21.9 Å². The topological polar surface area (TPSA) is 86.5 Å². The van der Waals surface area contributed by atoms with E-state index in [0.29, 0.717) is 11.4 Å². The molecule has 0 unspecified atom stereocenters. The number of rotatable bonds is 4. The van der Waals surface area contributed by atoms with Crippen LogP contribution in [0.15, 0.2) is 126 Å². The fraction of sp³-hybridized carbons (Fsp3) is 0. The van der Waals surface area contributed by atoms with Crippen molar-refractivity contribution in [1.29, 1.82) is 10.5 Å². The normalized spacial score (nSPS) is 10.9. The van der Waals surface area contributed by atoms with Crippen LogP contribution in [0.3, 0.4) is 0 Å². The molecule has 0 saturated carbocycles. The summed E-state index contributed by atoms with van der Waals surface area (Å²) in [4.78, 5) is 8.13. The van der Waals surface area contributed by atoms with E-state index in [0.717, 1.165) is 66.4 Å². The van der Waals surface area contributed by atoms with Gasteiger partial charge in [0.15, 0.2) is 0 Å². The minimum atomic E-state index is 0.405. The maximum absolute atomic E-state index is 9.17. The highest BCUT2D eigenvalue weighted by Gasteiger charge is 2.11. The van der Waals surface area contributed by atoms with Gasteiger partial charge in [-0.25, -0.2) is 9.97 Å². The molecule has 41 heavy (non-hydrogen) atoms. The van der Waals surface area contributed by atoms with Crippen LogP contribution in [0.1, 0.15) is 11.4 Å². The zero-order chi connectivity index (χ0) is 27.8. The molecule has 0 aliphatic carbocycles. The van der Waals surface area contributed by atoms with Crippen LogP contribution in [0, 0.1) is 22.7 Å². The zero-order valence-corrected chi connectivity index (χ0v) is 21.7. The van der Waals surface area contributed by atoms with Gasteiger partial charge in [-0.3, -0.25) is 0 Å². The maximum atomic E-state index is 9.17. The highest BCUT2D eigenvalue weighted by atomic mass is 16.3. The van der Waals surface area contributed by atoms with Crippen molar-refractivity contribution in [3.8, 4) is 56.6 Å². The summed E-state index contributed by atoms with van der Waals surface area (Å²) in [5.74, 6) is 0. The lowest BCUT2D eigenvalue weighted by molar-refractivity contribution is 0.669. The van der Waals surface area contributed by atoms with Gasteiger partial charge in [0.05, 0.1) is 0 Å². The minimum absolute atomic E-state index is 0.405. The second-order valence-corrected chi connectivity index (χ2v) is 9.76. The molecule has 0 fully saturated rings. The van der Waals surface area contributed by atoms with Gasteiger partial charge in [-0.2, -0.15) is 10.5 Å². The number of hydrogen-bond acceptors (Lipinski definition) is 5. The fourth-order valence-electron chi connectivity index (χ4n) is 5.19. The van der Waals surface area contributed by atoms with Crippen LogP contribution in [0.5, 0.6) is 0 Å². The standard InChI is InChI=1S/C36H20N4O/c37-21-31-17-29(13-15-39-31)25-5-1-23(2-6-25)27-9-11-35-33(19-27)34-20-28(10-12-36(34)41-35)24-3-7-26(8-4-24)30-14-16-40-32(18-30)22-38/h1-20H. The van der Waals surface area contributed by atoms with Gasteiger partial charge >= 0.3 is 0 Å². The van der Waals surface area contributed by atoms with E-state index in [4.69, 9.17) is 14.9 Å². The molecule has 7 rings (SSSR count). The Morgan fingerprint density at radius 2 is 0.756 bits per heavy atom. The molecule has 0 saturated heterocycles. The maximum Gasteiger partial charge on any atom is 0.141 e. The first-order valence-electron chi connectivity index (χ1n) is 13.1. The second-order valence-electron chi connectivity index (χ2n) is 9.76. The van der Waals surface area contributed by atoms with E-state index >= 15 is 0 Å². The quantitative estimate of drug-likeness (QED) is 0.230. The van der Waals surface area contributed by atoms with E-state index in [2.05, 4.69) is 94.9 Å². The highest BCUT2D eigenvalue weighted by Crippen LogP contribution is 2.36. The van der Waals surface area contributed by atoms with Crippen LogP contribution >= 0.6 is 0 Å². The molecule has 5 nitrogen and oxygen atoms in total. The van der Waals surface area contributed by atoms with Gasteiger partial charge in [0.25, 0.3) is 0 Å². The molecule has 0 radical (unpaired) electrons. The SMILES string of the molecule is N#Cc1cc(-c2ccc(-c3ccc4oc5ccc(-c6ccc(-c7ccnc(C#N)c7)cc6)cc5c4c3)cc2)ccn1. The Labute approximate surface area is 236 Å². The van der Waals surface area contributed by atoms with E-state index in [9.17, 15) is 0 Å². The summed E-state index contributed by atoms with van der Waals surface area (Å²) in [5, 5.41) is 20.5. The molecule has 0 N–H and O–H groups in total. The molecule has 0 amide bonds. The molecule has 0 spiro atoms. The van der Waals surface area contributed by atoms with Crippen molar-refractivity contribution in [3.63, 3.8) is 0 Å². The smallest absolute Gasteiger partial charge is 0.141 e. The Hall–Kier alpha value is -6.04. The Bertz CT molecular complexity index is 2010. The predicted octanol–water partition coefficient (Wildman–Crippen LogP) is 8.79. The number of nitrogens with zero attached hydrogens (tertiary/aromatic N) is 4. The molecule has 5 heteroatoms. The van der Waals surface area contributed by atoms with E-state index in [1.165, 1.54) is 0 Å². The predicted molar refractivity (Wildman–Crippen MR) is 160 cm³/mol. The molecule has 3 heterocycles. The molecule has 4 aromatic carbocycles. The Morgan fingerprint density at radius 1 is 0.415 bits per heavy atom. The monoisotopic (exact) mass is 524 g/mol. The van der Waals surface area contributed by atoms with Crippen LogP contribution < -0.4 is 0 Å². The van der Waals surface area contributed by atoms with Gasteiger partial charge < -0.3 is 4.42 Å². The lowest BCUT2D eigenvalue weighted by Crippen LogP contribution is -1.85. The third-order valence-corrected chi connectivity index (χ3v) is 7.32. The van der Waals surface area contributed by atoms with Gasteiger partial charge in [-0.15, -0.1) is 0 Å². The first-order valence-corrected chi connectivity index (χ1v) is 13.1. The van der Waals surface area contributed by atoms with Crippen molar-refractivity contribution in [3.05, 3.63) is 133 Å². The molecule has 190 valence electrons. The molecule has 0 aliphatic rings. The number of hydrogen-bond donors (Lipinski definition) is 0. The summed E-state index contributed by atoms with van der Waals surface area (Å²) in [6.07, 6.45) is 3.32. The number of pyridine rings is 2. The van der Waals surface area contributed by atoms with Gasteiger partial charge in [0.2, 0.25) is 0 Å². The largest absolute Gasteiger partial charge is 0.456 e. The highest BCUT2D eigenvalue weighted by molar-refractivity contribution is 6.07. The Balaban J connectivity index is 1.22. The molecular formula is C36H20N4O. The first kappa shape index (κ1) is 24.0. The average Bonchev–Trinajstić information content (AvgIpc) is 3.42. The zero-order valence-electron chi connectivity index (χ0n) is 21.7. The number of aromatic nitrogens is 2. The lowest BCUT2D eigenvalue weighted by Gasteiger charge is -2.06. The first-order chi connectivity index (χ1) is 20.2. The van der Waals surface area contributed by atoms with Crippen molar-refractivity contribution < 1.29 is 4.42 Å². The number of nitriles is 2. The summed E-state index contributed by atoms with van der Waals surface area (Å²) < 4.78 is 6.17. The van der Waals surface area contributed by atoms with Crippen molar-refractivity contribution in [2.24, 2.45) is 0 Å². The van der Waals surface area contributed by atoms with Gasteiger partial charge in [-0.05, 0) is 93.0 Å². The van der Waals surface area contributed by atoms with E-state index < -0.39 is 0 Å². The summed E-state index contributed by atoms with van der Waals surface area (Å²) in [7, 11) is 0. The minimum Gasteiger partial charge on any atom is -0.456 e. The van der Waals surface area contributed by atoms with Crippen LogP contribution in [0.25, 0.3) is 66.4 Å². The van der Waals surface area contributed by atoms with E-state index in [1.807, 2.05) is 24.3 Å². The van der Waals surface area contributed by atoms with Crippen LogP contribution in [0.2, 0.25) is 0 Å². The molecule has 0 aliphatic heterocycles. The Morgan fingerprint density at radius 3 is 1.12 bits per heavy atom. The van der Waals surface area contributed by atoms with Crippen LogP contribution in [0.4, 0.5) is 0 Å². The second kappa shape index (κ2) is 9.93. The summed E-state index contributed by atoms with van der Waals surface area (Å²) in [6.45, 7) is 0. The molecular weight excluding hydrogens is 504 g/mol. The summed E-state index contributed by atoms with van der Waals surface area (Å²) in [6, 6.07) is 40.9.